The molecule has 0 radical (unpaired) electrons. The molecule has 4 nitrogen and oxygen atoms in total. The van der Waals surface area contributed by atoms with Crippen molar-refractivity contribution in [2.24, 2.45) is 0 Å². The van der Waals surface area contributed by atoms with E-state index >= 15 is 0 Å². The van der Waals surface area contributed by atoms with Gasteiger partial charge in [0.2, 0.25) is 0 Å². The molecule has 0 fully saturated rings. The Labute approximate surface area is 157 Å². The lowest BCUT2D eigenvalue weighted by atomic mass is 9.99. The van der Waals surface area contributed by atoms with Crippen molar-refractivity contribution in [2.45, 2.75) is 38.0 Å². The SMILES string of the molecule is OC1(c2ccc(OC(F)F)cc2)C[N+]2=C(CCCCC2)N1c1ccccc1. The molecule has 0 aliphatic carbocycles. The number of hydrogen-bond acceptors (Lipinski definition) is 3. The zero-order chi connectivity index (χ0) is 18.9. The number of anilines is 1. The van der Waals surface area contributed by atoms with Gasteiger partial charge in [-0.05, 0) is 55.7 Å². The molecule has 4 rings (SSSR count). The Bertz CT molecular complexity index is 824. The van der Waals surface area contributed by atoms with E-state index < -0.39 is 12.3 Å². The van der Waals surface area contributed by atoms with Crippen LogP contribution in [0.4, 0.5) is 14.5 Å². The molecular formula is C21H23F2N2O2+. The van der Waals surface area contributed by atoms with Gasteiger partial charge in [0.05, 0.1) is 6.54 Å². The monoisotopic (exact) mass is 373 g/mol. The molecule has 6 heteroatoms. The van der Waals surface area contributed by atoms with Crippen LogP contribution in [0.1, 0.15) is 31.2 Å². The second-order valence-electron chi connectivity index (χ2n) is 7.04. The lowest BCUT2D eigenvalue weighted by molar-refractivity contribution is -0.534. The van der Waals surface area contributed by atoms with E-state index in [1.165, 1.54) is 18.6 Å². The predicted octanol–water partition coefficient (Wildman–Crippen LogP) is 3.94. The van der Waals surface area contributed by atoms with E-state index in [9.17, 15) is 13.9 Å². The van der Waals surface area contributed by atoms with Crippen molar-refractivity contribution in [1.29, 1.82) is 0 Å². The number of ether oxygens (including phenoxy) is 1. The largest absolute Gasteiger partial charge is 0.435 e. The molecule has 1 atom stereocenters. The maximum absolute atomic E-state index is 12.4. The van der Waals surface area contributed by atoms with Crippen LogP contribution < -0.4 is 9.64 Å². The molecule has 2 aliphatic heterocycles. The Morgan fingerprint density at radius 1 is 1.00 bits per heavy atom. The third kappa shape index (κ3) is 3.41. The topological polar surface area (TPSA) is 35.7 Å². The Morgan fingerprint density at radius 3 is 2.44 bits per heavy atom. The molecule has 0 saturated carbocycles. The number of amidine groups is 1. The number of benzene rings is 2. The van der Waals surface area contributed by atoms with Crippen LogP contribution in [0.5, 0.6) is 5.75 Å². The Balaban J connectivity index is 1.73. The minimum Gasteiger partial charge on any atom is -0.435 e. The van der Waals surface area contributed by atoms with Crippen LogP contribution in [-0.4, -0.2) is 35.2 Å². The molecule has 1 N–H and O–H groups in total. The number of halogens is 2. The van der Waals surface area contributed by atoms with Gasteiger partial charge in [0.15, 0.2) is 6.54 Å². The molecule has 27 heavy (non-hydrogen) atoms. The minimum absolute atomic E-state index is 0.0868. The van der Waals surface area contributed by atoms with Crippen LogP contribution in [0.2, 0.25) is 0 Å². The fourth-order valence-corrected chi connectivity index (χ4v) is 4.09. The molecule has 2 heterocycles. The van der Waals surface area contributed by atoms with Gasteiger partial charge >= 0.3 is 6.61 Å². The first-order valence-corrected chi connectivity index (χ1v) is 9.32. The number of aliphatic hydroxyl groups is 1. The summed E-state index contributed by atoms with van der Waals surface area (Å²) in [7, 11) is 0. The summed E-state index contributed by atoms with van der Waals surface area (Å²) in [6.45, 7) is -1.50. The van der Waals surface area contributed by atoms with Gasteiger partial charge < -0.3 is 9.84 Å². The normalized spacial score (nSPS) is 22.7. The average Bonchev–Trinajstić information content (AvgIpc) is 2.78. The number of rotatable bonds is 4. The number of hydrogen-bond donors (Lipinski definition) is 1. The van der Waals surface area contributed by atoms with Crippen LogP contribution in [0, 0.1) is 0 Å². The molecule has 2 aromatic rings. The summed E-state index contributed by atoms with van der Waals surface area (Å²) in [5.41, 5.74) is 0.332. The zero-order valence-electron chi connectivity index (χ0n) is 15.0. The van der Waals surface area contributed by atoms with E-state index in [0.717, 1.165) is 37.3 Å². The summed E-state index contributed by atoms with van der Waals surface area (Å²) in [5.74, 6) is 1.21. The van der Waals surface area contributed by atoms with E-state index in [4.69, 9.17) is 0 Å². The quantitative estimate of drug-likeness (QED) is 0.825. The standard InChI is InChI=1S/C21H23F2N2O2/c22-20(23)27-18-12-10-16(11-13-18)21(26)15-24-14-6-2-5-9-19(24)25(21)17-7-3-1-4-8-17/h1,3-4,7-8,10-13,20,26H,2,5-6,9,14-15H2/q+1. The van der Waals surface area contributed by atoms with Gasteiger partial charge in [-0.15, -0.1) is 0 Å². The van der Waals surface area contributed by atoms with Crippen molar-refractivity contribution in [2.75, 3.05) is 18.0 Å². The van der Waals surface area contributed by atoms with Crippen molar-refractivity contribution in [1.82, 2.24) is 0 Å². The highest BCUT2D eigenvalue weighted by Gasteiger charge is 2.53. The molecule has 142 valence electrons. The third-order valence-corrected chi connectivity index (χ3v) is 5.29. The highest BCUT2D eigenvalue weighted by atomic mass is 19.3. The van der Waals surface area contributed by atoms with Crippen molar-refractivity contribution >= 4 is 11.5 Å². The van der Waals surface area contributed by atoms with Crippen LogP contribution in [0.3, 0.4) is 0 Å². The van der Waals surface area contributed by atoms with Gasteiger partial charge in [0.25, 0.3) is 11.6 Å². The van der Waals surface area contributed by atoms with Crippen LogP contribution >= 0.6 is 0 Å². The smallest absolute Gasteiger partial charge is 0.387 e. The van der Waals surface area contributed by atoms with Gasteiger partial charge in [-0.3, -0.25) is 4.58 Å². The first-order chi connectivity index (χ1) is 13.1. The molecular weight excluding hydrogens is 350 g/mol. The molecule has 0 saturated heterocycles. The van der Waals surface area contributed by atoms with E-state index in [1.807, 2.05) is 35.2 Å². The Hall–Kier alpha value is -2.47. The molecule has 0 amide bonds. The number of para-hydroxylation sites is 1. The highest BCUT2D eigenvalue weighted by Crippen LogP contribution is 2.38. The lowest BCUT2D eigenvalue weighted by Gasteiger charge is -2.29. The summed E-state index contributed by atoms with van der Waals surface area (Å²) >= 11 is 0. The van der Waals surface area contributed by atoms with Crippen molar-refractivity contribution in [3.63, 3.8) is 0 Å². The summed E-state index contributed by atoms with van der Waals surface area (Å²) in [5, 5.41) is 11.7. The fraction of sp³-hybridized carbons (Fsp3) is 0.381. The molecule has 0 spiro atoms. The summed E-state index contributed by atoms with van der Waals surface area (Å²) in [6, 6.07) is 16.1. The van der Waals surface area contributed by atoms with Gasteiger partial charge in [-0.2, -0.15) is 13.7 Å². The molecule has 2 aliphatic rings. The summed E-state index contributed by atoms with van der Waals surface area (Å²) in [6.07, 6.45) is 4.28. The highest BCUT2D eigenvalue weighted by molar-refractivity contribution is 5.97. The van der Waals surface area contributed by atoms with Gasteiger partial charge in [-0.25, -0.2) is 0 Å². The van der Waals surface area contributed by atoms with Crippen LogP contribution in [0.15, 0.2) is 54.6 Å². The van der Waals surface area contributed by atoms with Crippen molar-refractivity contribution < 1.29 is 23.2 Å². The van der Waals surface area contributed by atoms with Gasteiger partial charge in [0, 0.05) is 12.0 Å². The van der Waals surface area contributed by atoms with E-state index in [0.29, 0.717) is 12.1 Å². The van der Waals surface area contributed by atoms with E-state index in [-0.39, 0.29) is 5.75 Å². The first kappa shape index (κ1) is 17.9. The molecule has 1 unspecified atom stereocenters. The van der Waals surface area contributed by atoms with Crippen molar-refractivity contribution in [3.8, 4) is 5.75 Å². The zero-order valence-corrected chi connectivity index (χ0v) is 15.0. The Kier molecular flexibility index (Phi) is 4.83. The van der Waals surface area contributed by atoms with Gasteiger partial charge in [-0.1, -0.05) is 18.2 Å². The van der Waals surface area contributed by atoms with Gasteiger partial charge in [0.1, 0.15) is 11.4 Å². The fourth-order valence-electron chi connectivity index (χ4n) is 4.09. The van der Waals surface area contributed by atoms with Crippen LogP contribution in [-0.2, 0) is 5.72 Å². The summed E-state index contributed by atoms with van der Waals surface area (Å²) < 4.78 is 31.6. The Morgan fingerprint density at radius 2 is 1.74 bits per heavy atom. The second-order valence-corrected chi connectivity index (χ2v) is 7.04. The molecule has 0 bridgehead atoms. The predicted molar refractivity (Wildman–Crippen MR) is 99.4 cm³/mol. The molecule has 0 aromatic heterocycles. The second kappa shape index (κ2) is 7.27. The maximum Gasteiger partial charge on any atom is 0.387 e. The third-order valence-electron chi connectivity index (χ3n) is 5.29. The molecule has 2 aromatic carbocycles. The lowest BCUT2D eigenvalue weighted by Crippen LogP contribution is -2.47. The number of alkyl halides is 2. The van der Waals surface area contributed by atoms with E-state index in [2.05, 4.69) is 9.31 Å². The van der Waals surface area contributed by atoms with Crippen molar-refractivity contribution in [3.05, 3.63) is 60.2 Å². The first-order valence-electron chi connectivity index (χ1n) is 9.32. The minimum atomic E-state index is -2.86. The maximum atomic E-state index is 12.4. The van der Waals surface area contributed by atoms with E-state index in [1.54, 1.807) is 12.1 Å². The van der Waals surface area contributed by atoms with Crippen LogP contribution in [0.25, 0.3) is 0 Å². The number of nitrogens with zero attached hydrogens (tertiary/aromatic N) is 2. The summed E-state index contributed by atoms with van der Waals surface area (Å²) in [4.78, 5) is 2.00. The average molecular weight is 373 g/mol.